The van der Waals surface area contributed by atoms with Crippen molar-refractivity contribution < 1.29 is 0 Å². The lowest BCUT2D eigenvalue weighted by atomic mass is 9.90. The molecule has 2 nitrogen and oxygen atoms in total. The highest BCUT2D eigenvalue weighted by Gasteiger charge is 2.38. The Morgan fingerprint density at radius 3 is 2.35 bits per heavy atom. The Morgan fingerprint density at radius 1 is 1.06 bits per heavy atom. The van der Waals surface area contributed by atoms with Crippen LogP contribution < -0.4 is 5.32 Å². The minimum atomic E-state index is 0.827. The van der Waals surface area contributed by atoms with E-state index in [1.165, 1.54) is 56.6 Å². The second kappa shape index (κ2) is 5.50. The van der Waals surface area contributed by atoms with E-state index in [0.29, 0.717) is 0 Å². The fraction of sp³-hybridized carbons (Fsp3) is 1.00. The third kappa shape index (κ3) is 2.82. The molecule has 0 aromatic rings. The first-order valence-electron chi connectivity index (χ1n) is 7.36. The van der Waals surface area contributed by atoms with Crippen molar-refractivity contribution in [1.82, 2.24) is 10.2 Å². The third-order valence-corrected chi connectivity index (χ3v) is 6.16. The van der Waals surface area contributed by atoms with Gasteiger partial charge in [-0.1, -0.05) is 0 Å². The van der Waals surface area contributed by atoms with Crippen molar-refractivity contribution in [2.24, 2.45) is 5.92 Å². The van der Waals surface area contributed by atoms with E-state index < -0.39 is 0 Å². The molecule has 2 unspecified atom stereocenters. The smallest absolute Gasteiger partial charge is 0.00988 e. The molecule has 2 bridgehead atoms. The Kier molecular flexibility index (Phi) is 3.98. The molecule has 3 fully saturated rings. The molecule has 3 saturated heterocycles. The van der Waals surface area contributed by atoms with Crippen molar-refractivity contribution in [3.8, 4) is 0 Å². The van der Waals surface area contributed by atoms with Crippen LogP contribution in [0, 0.1) is 5.92 Å². The van der Waals surface area contributed by atoms with Crippen LogP contribution in [0.1, 0.15) is 38.5 Å². The summed E-state index contributed by atoms with van der Waals surface area (Å²) < 4.78 is 0. The van der Waals surface area contributed by atoms with Crippen molar-refractivity contribution in [1.29, 1.82) is 0 Å². The van der Waals surface area contributed by atoms with E-state index in [0.717, 1.165) is 24.0 Å². The normalized spacial score (nSPS) is 39.7. The van der Waals surface area contributed by atoms with Crippen LogP contribution in [0.25, 0.3) is 0 Å². The Balaban J connectivity index is 1.44. The zero-order valence-corrected chi connectivity index (χ0v) is 11.8. The van der Waals surface area contributed by atoms with Crippen molar-refractivity contribution in [2.45, 2.75) is 56.7 Å². The SMILES string of the molecule is CN1C2CCC1CC(CNC1CCSCC1)C2. The topological polar surface area (TPSA) is 15.3 Å². The molecule has 3 aliphatic heterocycles. The summed E-state index contributed by atoms with van der Waals surface area (Å²) in [6.07, 6.45) is 8.59. The number of nitrogens with one attached hydrogen (secondary N) is 1. The minimum absolute atomic E-state index is 0.827. The number of nitrogens with zero attached hydrogens (tertiary/aromatic N) is 1. The molecular weight excluding hydrogens is 228 g/mol. The van der Waals surface area contributed by atoms with Gasteiger partial charge in [0.15, 0.2) is 0 Å². The zero-order chi connectivity index (χ0) is 11.7. The average Bonchev–Trinajstić information content (AvgIpc) is 2.61. The fourth-order valence-electron chi connectivity index (χ4n) is 3.93. The molecule has 98 valence electrons. The predicted molar refractivity (Wildman–Crippen MR) is 75.6 cm³/mol. The summed E-state index contributed by atoms with van der Waals surface area (Å²) in [4.78, 5) is 2.65. The fourth-order valence-corrected chi connectivity index (χ4v) is 5.03. The van der Waals surface area contributed by atoms with E-state index in [9.17, 15) is 0 Å². The Morgan fingerprint density at radius 2 is 1.71 bits per heavy atom. The van der Waals surface area contributed by atoms with Crippen molar-refractivity contribution in [2.75, 3.05) is 25.1 Å². The summed E-state index contributed by atoms with van der Waals surface area (Å²) in [7, 11) is 2.34. The van der Waals surface area contributed by atoms with Crippen LogP contribution in [0.5, 0.6) is 0 Å². The lowest BCUT2D eigenvalue weighted by molar-refractivity contribution is 0.131. The molecule has 0 saturated carbocycles. The maximum atomic E-state index is 3.84. The number of hydrogen-bond donors (Lipinski definition) is 1. The van der Waals surface area contributed by atoms with Crippen molar-refractivity contribution in [3.63, 3.8) is 0 Å². The molecule has 17 heavy (non-hydrogen) atoms. The number of fused-ring (bicyclic) bond motifs is 2. The third-order valence-electron chi connectivity index (χ3n) is 5.11. The first-order valence-corrected chi connectivity index (χ1v) is 8.51. The quantitative estimate of drug-likeness (QED) is 0.832. The molecule has 3 aliphatic rings. The molecule has 2 atom stereocenters. The van der Waals surface area contributed by atoms with E-state index >= 15 is 0 Å². The van der Waals surface area contributed by atoms with Crippen LogP contribution >= 0.6 is 11.8 Å². The van der Waals surface area contributed by atoms with Crippen LogP contribution in [0.15, 0.2) is 0 Å². The molecule has 0 spiro atoms. The molecule has 0 aliphatic carbocycles. The maximum absolute atomic E-state index is 3.84. The summed E-state index contributed by atoms with van der Waals surface area (Å²) in [5.41, 5.74) is 0. The number of hydrogen-bond acceptors (Lipinski definition) is 3. The summed E-state index contributed by atoms with van der Waals surface area (Å²) in [6.45, 7) is 1.29. The van der Waals surface area contributed by atoms with Crippen LogP contribution in [0.3, 0.4) is 0 Å². The molecular formula is C14H26N2S. The molecule has 3 rings (SSSR count). The maximum Gasteiger partial charge on any atom is 0.00988 e. The van der Waals surface area contributed by atoms with Gasteiger partial charge in [0.25, 0.3) is 0 Å². The van der Waals surface area contributed by atoms with Gasteiger partial charge in [0.2, 0.25) is 0 Å². The van der Waals surface area contributed by atoms with E-state index in [2.05, 4.69) is 29.0 Å². The van der Waals surface area contributed by atoms with Gasteiger partial charge in [-0.05, 0) is 69.5 Å². The Labute approximate surface area is 110 Å². The molecule has 3 heteroatoms. The standard InChI is InChI=1S/C14H26N2S/c1-16-13-2-3-14(16)9-11(8-13)10-15-12-4-6-17-7-5-12/h11-15H,2-10H2,1H3. The molecule has 3 heterocycles. The number of piperidine rings is 1. The lowest BCUT2D eigenvalue weighted by Crippen LogP contribution is -2.44. The van der Waals surface area contributed by atoms with Gasteiger partial charge in [0.1, 0.15) is 0 Å². The van der Waals surface area contributed by atoms with Crippen LogP contribution in [-0.4, -0.2) is 48.1 Å². The summed E-state index contributed by atoms with van der Waals surface area (Å²) in [5, 5.41) is 3.84. The highest BCUT2D eigenvalue weighted by molar-refractivity contribution is 7.99. The van der Waals surface area contributed by atoms with Crippen molar-refractivity contribution in [3.05, 3.63) is 0 Å². The summed E-state index contributed by atoms with van der Waals surface area (Å²) in [5.74, 6) is 3.70. The number of rotatable bonds is 3. The highest BCUT2D eigenvalue weighted by Crippen LogP contribution is 2.37. The van der Waals surface area contributed by atoms with Gasteiger partial charge in [-0.2, -0.15) is 11.8 Å². The summed E-state index contributed by atoms with van der Waals surface area (Å²) in [6, 6.07) is 2.64. The first kappa shape index (κ1) is 12.3. The van der Waals surface area contributed by atoms with Gasteiger partial charge in [-0.25, -0.2) is 0 Å². The van der Waals surface area contributed by atoms with E-state index in [1.54, 1.807) is 0 Å². The molecule has 1 N–H and O–H groups in total. The highest BCUT2D eigenvalue weighted by atomic mass is 32.2. The molecule has 0 radical (unpaired) electrons. The van der Waals surface area contributed by atoms with Gasteiger partial charge in [0, 0.05) is 18.1 Å². The van der Waals surface area contributed by atoms with Crippen LogP contribution in [0.2, 0.25) is 0 Å². The second-order valence-electron chi connectivity index (χ2n) is 6.18. The average molecular weight is 254 g/mol. The number of thioether (sulfide) groups is 1. The lowest BCUT2D eigenvalue weighted by Gasteiger charge is -2.37. The second-order valence-corrected chi connectivity index (χ2v) is 7.41. The van der Waals surface area contributed by atoms with Gasteiger partial charge < -0.3 is 10.2 Å². The van der Waals surface area contributed by atoms with Crippen LogP contribution in [-0.2, 0) is 0 Å². The first-order chi connectivity index (χ1) is 8.33. The van der Waals surface area contributed by atoms with E-state index in [-0.39, 0.29) is 0 Å². The zero-order valence-electron chi connectivity index (χ0n) is 11.0. The van der Waals surface area contributed by atoms with Gasteiger partial charge in [-0.15, -0.1) is 0 Å². The van der Waals surface area contributed by atoms with Gasteiger partial charge >= 0.3 is 0 Å². The molecule has 0 aromatic carbocycles. The van der Waals surface area contributed by atoms with E-state index in [4.69, 9.17) is 0 Å². The van der Waals surface area contributed by atoms with Gasteiger partial charge in [-0.3, -0.25) is 0 Å². The van der Waals surface area contributed by atoms with Crippen LogP contribution in [0.4, 0.5) is 0 Å². The summed E-state index contributed by atoms with van der Waals surface area (Å²) >= 11 is 2.12. The Bertz CT molecular complexity index is 239. The minimum Gasteiger partial charge on any atom is -0.314 e. The monoisotopic (exact) mass is 254 g/mol. The molecule has 0 aromatic heterocycles. The van der Waals surface area contributed by atoms with Gasteiger partial charge in [0.05, 0.1) is 0 Å². The Hall–Kier alpha value is 0.270. The van der Waals surface area contributed by atoms with Crippen molar-refractivity contribution >= 4 is 11.8 Å². The molecule has 0 amide bonds. The van der Waals surface area contributed by atoms with E-state index in [1.807, 2.05) is 0 Å². The predicted octanol–water partition coefficient (Wildman–Crippen LogP) is 2.34. The largest absolute Gasteiger partial charge is 0.314 e.